The van der Waals surface area contributed by atoms with E-state index in [1.165, 1.54) is 38.1 Å². The van der Waals surface area contributed by atoms with Crippen molar-refractivity contribution in [1.29, 1.82) is 0 Å². The number of rotatable bonds is 12. The van der Waals surface area contributed by atoms with Gasteiger partial charge in [0.1, 0.15) is 28.7 Å². The third-order valence-corrected chi connectivity index (χ3v) is 10.9. The quantitative estimate of drug-likeness (QED) is 0.0859. The number of furan rings is 2. The molecular formula is C53H40F4N6O6. The lowest BCUT2D eigenvalue weighted by Crippen LogP contribution is -2.07. The Kier molecular flexibility index (Phi) is 13.0. The molecule has 16 heteroatoms. The van der Waals surface area contributed by atoms with E-state index in [9.17, 15) is 27.2 Å². The molecule has 0 spiro atoms. The Bertz CT molecular complexity index is 3480. The van der Waals surface area contributed by atoms with E-state index in [4.69, 9.17) is 33.3 Å². The zero-order chi connectivity index (χ0) is 48.2. The van der Waals surface area contributed by atoms with Crippen LogP contribution in [0.25, 0.3) is 33.8 Å². The van der Waals surface area contributed by atoms with Crippen molar-refractivity contribution < 1.29 is 45.5 Å². The van der Waals surface area contributed by atoms with Crippen LogP contribution in [0, 0.1) is 30.2 Å². The second-order valence-electron chi connectivity index (χ2n) is 15.9. The minimum absolute atomic E-state index is 0.00944. The maximum atomic E-state index is 14.5. The van der Waals surface area contributed by atoms with Crippen molar-refractivity contribution in [3.05, 3.63) is 214 Å². The molecule has 6 heterocycles. The van der Waals surface area contributed by atoms with Crippen LogP contribution < -0.4 is 9.47 Å². The van der Waals surface area contributed by atoms with E-state index in [2.05, 4.69) is 4.98 Å². The normalized spacial score (nSPS) is 11.2. The molecule has 0 N–H and O–H groups in total. The summed E-state index contributed by atoms with van der Waals surface area (Å²) in [5.74, 6) is -2.30. The molecule has 346 valence electrons. The van der Waals surface area contributed by atoms with Gasteiger partial charge in [0.2, 0.25) is 11.8 Å². The van der Waals surface area contributed by atoms with Gasteiger partial charge in [-0.05, 0) is 54.4 Å². The first-order valence-corrected chi connectivity index (χ1v) is 21.6. The van der Waals surface area contributed by atoms with Crippen molar-refractivity contribution in [3.8, 4) is 34.3 Å². The molecule has 0 saturated heterocycles. The number of carbonyl (C=O) groups is 2. The lowest BCUT2D eigenvalue weighted by Gasteiger charge is -2.10. The average Bonchev–Trinajstić information content (AvgIpc) is 4.15. The van der Waals surface area contributed by atoms with Crippen LogP contribution in [-0.4, -0.2) is 40.7 Å². The van der Waals surface area contributed by atoms with Gasteiger partial charge >= 0.3 is 11.9 Å². The predicted octanol–water partition coefficient (Wildman–Crippen LogP) is 11.1. The zero-order valence-corrected chi connectivity index (χ0v) is 37.3. The Balaban J connectivity index is 0.000000172. The summed E-state index contributed by atoms with van der Waals surface area (Å²) in [5, 5.41) is 0. The van der Waals surface area contributed by atoms with Gasteiger partial charge in [-0.25, -0.2) is 37.5 Å². The number of nitrogens with zero attached hydrogens (tertiary/aromatic N) is 6. The molecule has 69 heavy (non-hydrogen) atoms. The highest BCUT2D eigenvalue weighted by Crippen LogP contribution is 2.32. The van der Waals surface area contributed by atoms with Crippen molar-refractivity contribution in [1.82, 2.24) is 28.7 Å². The van der Waals surface area contributed by atoms with Crippen LogP contribution in [0.3, 0.4) is 0 Å². The second-order valence-corrected chi connectivity index (χ2v) is 15.9. The second kappa shape index (κ2) is 19.7. The third-order valence-electron chi connectivity index (χ3n) is 10.9. The van der Waals surface area contributed by atoms with Gasteiger partial charge in [-0.1, -0.05) is 84.9 Å². The Labute approximate surface area is 391 Å². The predicted molar refractivity (Wildman–Crippen MR) is 246 cm³/mol. The molecule has 0 aliphatic carbocycles. The van der Waals surface area contributed by atoms with Crippen molar-refractivity contribution >= 4 is 23.2 Å². The smallest absolute Gasteiger partial charge is 0.309 e. The molecular weight excluding hydrogens is 893 g/mol. The monoisotopic (exact) mass is 932 g/mol. The molecule has 10 aromatic rings. The number of fused-ring (bicyclic) bond motifs is 2. The summed E-state index contributed by atoms with van der Waals surface area (Å²) in [4.78, 5) is 42.8. The topological polar surface area (TPSA) is 139 Å². The van der Waals surface area contributed by atoms with Gasteiger partial charge in [-0.3, -0.25) is 18.4 Å². The van der Waals surface area contributed by atoms with E-state index in [0.29, 0.717) is 57.0 Å². The van der Waals surface area contributed by atoms with Crippen LogP contribution in [0.2, 0.25) is 0 Å². The Morgan fingerprint density at radius 3 is 1.42 bits per heavy atom. The minimum Gasteiger partial charge on any atom is -0.469 e. The lowest BCUT2D eigenvalue weighted by molar-refractivity contribution is -0.133. The molecule has 0 unspecified atom stereocenters. The first-order chi connectivity index (χ1) is 33.4. The largest absolute Gasteiger partial charge is 0.469 e. The highest BCUT2D eigenvalue weighted by Gasteiger charge is 2.25. The number of hydrogen-bond donors (Lipinski definition) is 0. The standard InChI is InChI=1S/C27H21F2N3O3.C26H19F2N3O3/c1-16-11-12-20(34-16)14-23-27(35-17(2)33)32-15-24(18-7-4-3-5-8-18)30-22(26(32)31-23)13-19-9-6-10-21(28)25(19)29;1-16(32)34-26-22(14-19-10-6-12-33-19)30-25-21(13-18-9-5-11-20(27)24(18)28)29-23(15-31(25)26)17-7-3-2-4-8-17/h3-12,15H,13-14H2,1-2H3;2-12,15H,13-14H2,1H3. The van der Waals surface area contributed by atoms with Gasteiger partial charge in [0.15, 0.2) is 34.6 Å². The van der Waals surface area contributed by atoms with Gasteiger partial charge in [-0.15, -0.1) is 0 Å². The average molecular weight is 933 g/mol. The maximum Gasteiger partial charge on any atom is 0.309 e. The maximum absolute atomic E-state index is 14.5. The number of benzene rings is 4. The SMILES string of the molecule is CC(=O)Oc1c(Cc2ccc(C)o2)nc2c(Cc3cccc(F)c3F)nc(-c3ccccc3)cn12.CC(=O)Oc1c(Cc2ccco2)nc2c(Cc3cccc(F)c3F)nc(-c3ccccc3)cn12. The fourth-order valence-electron chi connectivity index (χ4n) is 7.78. The summed E-state index contributed by atoms with van der Waals surface area (Å²) < 4.78 is 82.4. The van der Waals surface area contributed by atoms with E-state index in [-0.39, 0.29) is 48.6 Å². The summed E-state index contributed by atoms with van der Waals surface area (Å²) in [6, 6.07) is 34.0. The Morgan fingerprint density at radius 1 is 0.522 bits per heavy atom. The molecule has 10 rings (SSSR count). The van der Waals surface area contributed by atoms with Crippen molar-refractivity contribution in [3.63, 3.8) is 0 Å². The van der Waals surface area contributed by atoms with Crippen molar-refractivity contribution in [2.45, 2.75) is 46.5 Å². The summed E-state index contributed by atoms with van der Waals surface area (Å²) in [6.45, 7) is 4.45. The zero-order valence-electron chi connectivity index (χ0n) is 37.3. The Morgan fingerprint density at radius 2 is 1.00 bits per heavy atom. The molecule has 0 saturated carbocycles. The fraction of sp³-hybridized carbons (Fsp3) is 0.132. The summed E-state index contributed by atoms with van der Waals surface area (Å²) >= 11 is 0. The van der Waals surface area contributed by atoms with Gasteiger partial charge in [0.05, 0.1) is 41.9 Å². The summed E-state index contributed by atoms with van der Waals surface area (Å²) in [6.07, 6.45) is 5.50. The van der Waals surface area contributed by atoms with Gasteiger partial charge < -0.3 is 18.3 Å². The van der Waals surface area contributed by atoms with Crippen LogP contribution in [0.1, 0.15) is 65.0 Å². The number of carbonyl (C=O) groups excluding carboxylic acids is 2. The molecule has 4 aromatic carbocycles. The van der Waals surface area contributed by atoms with Crippen LogP contribution >= 0.6 is 0 Å². The van der Waals surface area contributed by atoms with Crippen LogP contribution in [0.5, 0.6) is 11.8 Å². The number of ether oxygens (including phenoxy) is 2. The number of aromatic nitrogens is 6. The third kappa shape index (κ3) is 10.0. The van der Waals surface area contributed by atoms with Crippen LogP contribution in [0.15, 0.2) is 149 Å². The molecule has 0 atom stereocenters. The van der Waals surface area contributed by atoms with E-state index in [1.807, 2.05) is 79.7 Å². The first-order valence-electron chi connectivity index (χ1n) is 21.6. The molecule has 0 aliphatic rings. The van der Waals surface area contributed by atoms with Gasteiger partial charge in [0.25, 0.3) is 0 Å². The number of halogens is 4. The molecule has 0 fully saturated rings. The molecule has 6 aromatic heterocycles. The lowest BCUT2D eigenvalue weighted by atomic mass is 10.1. The molecule has 0 aliphatic heterocycles. The van der Waals surface area contributed by atoms with E-state index < -0.39 is 35.2 Å². The molecule has 0 bridgehead atoms. The molecule has 0 amide bonds. The summed E-state index contributed by atoms with van der Waals surface area (Å²) in [5.41, 5.74) is 5.52. The Hall–Kier alpha value is -8.66. The van der Waals surface area contributed by atoms with Crippen molar-refractivity contribution in [2.24, 2.45) is 0 Å². The van der Waals surface area contributed by atoms with Gasteiger partial charge in [0, 0.05) is 50.2 Å². The van der Waals surface area contributed by atoms with Crippen molar-refractivity contribution in [2.75, 3.05) is 0 Å². The number of aryl methyl sites for hydroxylation is 1. The van der Waals surface area contributed by atoms with E-state index >= 15 is 0 Å². The first kappa shape index (κ1) is 45.5. The highest BCUT2D eigenvalue weighted by molar-refractivity contribution is 5.72. The van der Waals surface area contributed by atoms with E-state index in [1.54, 1.807) is 39.6 Å². The molecule has 0 radical (unpaired) electrons. The number of hydrogen-bond acceptors (Lipinski definition) is 10. The molecule has 12 nitrogen and oxygen atoms in total. The van der Waals surface area contributed by atoms with Gasteiger partial charge in [-0.2, -0.15) is 0 Å². The summed E-state index contributed by atoms with van der Waals surface area (Å²) in [7, 11) is 0. The highest BCUT2D eigenvalue weighted by atomic mass is 19.2. The van der Waals surface area contributed by atoms with E-state index in [0.717, 1.165) is 29.0 Å². The fourth-order valence-corrected chi connectivity index (χ4v) is 7.78. The van der Waals surface area contributed by atoms with Crippen LogP contribution in [-0.2, 0) is 35.3 Å². The number of esters is 2. The number of imidazole rings is 2. The minimum atomic E-state index is -0.935. The van der Waals surface area contributed by atoms with Crippen LogP contribution in [0.4, 0.5) is 17.6 Å².